The summed E-state index contributed by atoms with van der Waals surface area (Å²) < 4.78 is 24.6. The molecule has 0 heterocycles. The number of halogens is 1. The minimum atomic E-state index is -0.881. The van der Waals surface area contributed by atoms with Crippen LogP contribution in [0.5, 0.6) is 5.75 Å². The Morgan fingerprint density at radius 3 is 1.74 bits per heavy atom. The number of esters is 1. The summed E-state index contributed by atoms with van der Waals surface area (Å²) in [4.78, 5) is 12.9. The second kappa shape index (κ2) is 10.8. The zero-order valence-electron chi connectivity index (χ0n) is 18.9. The van der Waals surface area contributed by atoms with Crippen molar-refractivity contribution in [3.05, 3.63) is 138 Å². The first-order valence-electron chi connectivity index (χ1n) is 11.0. The lowest BCUT2D eigenvalue weighted by molar-refractivity contribution is -0.144. The fourth-order valence-electron chi connectivity index (χ4n) is 4.12. The van der Waals surface area contributed by atoms with E-state index < -0.39 is 23.4 Å². The van der Waals surface area contributed by atoms with Gasteiger partial charge in [0.1, 0.15) is 24.2 Å². The predicted molar refractivity (Wildman–Crippen MR) is 130 cm³/mol. The van der Waals surface area contributed by atoms with Crippen LogP contribution in [0, 0.1) is 5.82 Å². The number of ether oxygens (including phenoxy) is 2. The lowest BCUT2D eigenvalue weighted by atomic mass is 9.76. The van der Waals surface area contributed by atoms with Crippen LogP contribution < -0.4 is 10.1 Å². The molecule has 0 aromatic heterocycles. The molecule has 1 atom stereocenters. The molecule has 0 fully saturated rings. The van der Waals surface area contributed by atoms with Gasteiger partial charge in [0.25, 0.3) is 0 Å². The largest absolute Gasteiger partial charge is 0.491 e. The first-order valence-corrected chi connectivity index (χ1v) is 11.0. The van der Waals surface area contributed by atoms with Crippen LogP contribution in [-0.2, 0) is 15.1 Å². The van der Waals surface area contributed by atoms with Crippen LogP contribution in [0.4, 0.5) is 4.39 Å². The molecule has 0 aliphatic heterocycles. The van der Waals surface area contributed by atoms with Gasteiger partial charge in [-0.05, 0) is 28.8 Å². The molecule has 4 aromatic carbocycles. The fourth-order valence-corrected chi connectivity index (χ4v) is 4.12. The van der Waals surface area contributed by atoms with E-state index in [9.17, 15) is 9.18 Å². The van der Waals surface area contributed by atoms with E-state index in [0.29, 0.717) is 5.75 Å². The lowest BCUT2D eigenvalue weighted by Gasteiger charge is -2.39. The molecule has 34 heavy (non-hydrogen) atoms. The number of carbonyl (C=O) groups excluding carboxylic acids is 1. The van der Waals surface area contributed by atoms with Gasteiger partial charge in [0, 0.05) is 6.07 Å². The third-order valence-corrected chi connectivity index (χ3v) is 5.71. The Morgan fingerprint density at radius 2 is 1.29 bits per heavy atom. The van der Waals surface area contributed by atoms with E-state index >= 15 is 0 Å². The molecule has 0 amide bonds. The van der Waals surface area contributed by atoms with Crippen molar-refractivity contribution in [2.24, 2.45) is 0 Å². The third kappa shape index (κ3) is 5.00. The summed E-state index contributed by atoms with van der Waals surface area (Å²) in [6.07, 6.45) is 0. The number of carbonyl (C=O) groups is 1. The molecule has 0 saturated heterocycles. The van der Waals surface area contributed by atoms with Crippen LogP contribution in [0.2, 0.25) is 0 Å². The maximum atomic E-state index is 13.7. The van der Waals surface area contributed by atoms with Gasteiger partial charge in [0.05, 0.1) is 12.6 Å². The molecule has 0 aliphatic rings. The van der Waals surface area contributed by atoms with Crippen molar-refractivity contribution in [1.82, 2.24) is 5.32 Å². The number of nitrogens with one attached hydrogen (secondary N) is 1. The van der Waals surface area contributed by atoms with Crippen molar-refractivity contribution in [3.63, 3.8) is 0 Å². The highest BCUT2D eigenvalue weighted by Gasteiger charge is 2.40. The van der Waals surface area contributed by atoms with Crippen molar-refractivity contribution < 1.29 is 18.7 Å². The molecule has 0 spiro atoms. The summed E-state index contributed by atoms with van der Waals surface area (Å²) in [6, 6.07) is 34.8. The number of hydrogen-bond donors (Lipinski definition) is 1. The van der Waals surface area contributed by atoms with E-state index in [2.05, 4.69) is 5.32 Å². The van der Waals surface area contributed by atoms with Gasteiger partial charge in [0.15, 0.2) is 0 Å². The van der Waals surface area contributed by atoms with Crippen molar-refractivity contribution in [1.29, 1.82) is 0 Å². The van der Waals surface area contributed by atoms with E-state index in [1.807, 2.05) is 91.0 Å². The molecule has 1 N–H and O–H groups in total. The molecule has 0 saturated carbocycles. The summed E-state index contributed by atoms with van der Waals surface area (Å²) in [5.74, 6) is -0.559. The summed E-state index contributed by atoms with van der Waals surface area (Å²) in [7, 11) is 1.34. The van der Waals surface area contributed by atoms with Gasteiger partial charge in [0.2, 0.25) is 0 Å². The molecule has 0 unspecified atom stereocenters. The van der Waals surface area contributed by atoms with Crippen LogP contribution in [0.15, 0.2) is 115 Å². The molecule has 4 aromatic rings. The first-order chi connectivity index (χ1) is 16.6. The van der Waals surface area contributed by atoms with Crippen molar-refractivity contribution in [2.75, 3.05) is 13.7 Å². The van der Waals surface area contributed by atoms with Gasteiger partial charge in [-0.1, -0.05) is 97.1 Å². The molecule has 4 rings (SSSR count). The summed E-state index contributed by atoms with van der Waals surface area (Å²) >= 11 is 0. The van der Waals surface area contributed by atoms with Gasteiger partial charge in [-0.15, -0.1) is 0 Å². The molecule has 4 nitrogen and oxygen atoms in total. The van der Waals surface area contributed by atoms with Crippen molar-refractivity contribution in [3.8, 4) is 5.75 Å². The van der Waals surface area contributed by atoms with Gasteiger partial charge in [-0.3, -0.25) is 10.1 Å². The zero-order valence-corrected chi connectivity index (χ0v) is 18.9. The molecular formula is C29H26FNO3. The highest BCUT2D eigenvalue weighted by atomic mass is 19.1. The van der Waals surface area contributed by atoms with Gasteiger partial charge in [-0.2, -0.15) is 0 Å². The number of methoxy groups -OCH3 is 1. The third-order valence-electron chi connectivity index (χ3n) is 5.71. The minimum absolute atomic E-state index is 0.0512. The van der Waals surface area contributed by atoms with Crippen LogP contribution in [0.25, 0.3) is 0 Å². The van der Waals surface area contributed by atoms with Crippen LogP contribution >= 0.6 is 0 Å². The molecule has 5 heteroatoms. The summed E-state index contributed by atoms with van der Waals surface area (Å²) in [6.45, 7) is -0.0512. The number of benzene rings is 4. The molecule has 0 radical (unpaired) electrons. The standard InChI is InChI=1S/C29H26FNO3/c1-33-28(32)27(21-34-26-19-11-18-25(30)20-26)31-29(22-12-5-2-6-13-22,23-14-7-3-8-15-23)24-16-9-4-10-17-24/h2-20,27,31H,21H2,1H3/t27-/m1/s1. The Morgan fingerprint density at radius 1 is 0.794 bits per heavy atom. The fraction of sp³-hybridized carbons (Fsp3) is 0.138. The van der Waals surface area contributed by atoms with Crippen molar-refractivity contribution in [2.45, 2.75) is 11.6 Å². The highest BCUT2D eigenvalue weighted by Crippen LogP contribution is 2.37. The number of hydrogen-bond acceptors (Lipinski definition) is 4. The lowest BCUT2D eigenvalue weighted by Crippen LogP contribution is -2.55. The maximum absolute atomic E-state index is 13.7. The normalized spacial score (nSPS) is 12.1. The van der Waals surface area contributed by atoms with Gasteiger partial charge < -0.3 is 9.47 Å². The predicted octanol–water partition coefficient (Wildman–Crippen LogP) is 5.33. The molecular weight excluding hydrogens is 429 g/mol. The quantitative estimate of drug-likeness (QED) is 0.274. The number of rotatable bonds is 9. The molecule has 0 bridgehead atoms. The zero-order chi connectivity index (χ0) is 23.8. The second-order valence-electron chi connectivity index (χ2n) is 7.84. The van der Waals surface area contributed by atoms with Gasteiger partial charge >= 0.3 is 5.97 Å². The average Bonchev–Trinajstić information content (AvgIpc) is 2.90. The Bertz CT molecular complexity index is 1100. The van der Waals surface area contributed by atoms with E-state index in [0.717, 1.165) is 16.7 Å². The Hall–Kier alpha value is -3.96. The van der Waals surface area contributed by atoms with E-state index in [-0.39, 0.29) is 6.61 Å². The van der Waals surface area contributed by atoms with Gasteiger partial charge in [-0.25, -0.2) is 4.39 Å². The Kier molecular flexibility index (Phi) is 7.35. The smallest absolute Gasteiger partial charge is 0.326 e. The minimum Gasteiger partial charge on any atom is -0.491 e. The van der Waals surface area contributed by atoms with E-state index in [1.165, 1.54) is 19.2 Å². The van der Waals surface area contributed by atoms with Crippen molar-refractivity contribution >= 4 is 5.97 Å². The Labute approximate surface area is 199 Å². The average molecular weight is 456 g/mol. The SMILES string of the molecule is COC(=O)[C@@H](COc1cccc(F)c1)NC(c1ccccc1)(c1ccccc1)c1ccccc1. The van der Waals surface area contributed by atoms with Crippen LogP contribution in [0.1, 0.15) is 16.7 Å². The summed E-state index contributed by atoms with van der Waals surface area (Å²) in [5, 5.41) is 3.56. The maximum Gasteiger partial charge on any atom is 0.326 e. The summed E-state index contributed by atoms with van der Waals surface area (Å²) in [5.41, 5.74) is 1.97. The topological polar surface area (TPSA) is 47.6 Å². The van der Waals surface area contributed by atoms with Crippen LogP contribution in [0.3, 0.4) is 0 Å². The molecule has 172 valence electrons. The second-order valence-corrected chi connectivity index (χ2v) is 7.84. The Balaban J connectivity index is 1.82. The molecule has 0 aliphatic carbocycles. The van der Waals surface area contributed by atoms with E-state index in [4.69, 9.17) is 9.47 Å². The van der Waals surface area contributed by atoms with E-state index in [1.54, 1.807) is 12.1 Å². The highest BCUT2D eigenvalue weighted by molar-refractivity contribution is 5.76. The monoisotopic (exact) mass is 455 g/mol. The van der Waals surface area contributed by atoms with Crippen LogP contribution in [-0.4, -0.2) is 25.7 Å². The first kappa shape index (κ1) is 23.2.